The number of anilines is 2. The summed E-state index contributed by atoms with van der Waals surface area (Å²) >= 11 is 9.18. The third kappa shape index (κ3) is 4.15. The van der Waals surface area contributed by atoms with E-state index < -0.39 is 0 Å². The predicted octanol–water partition coefficient (Wildman–Crippen LogP) is 3.70. The second-order valence-electron chi connectivity index (χ2n) is 4.03. The van der Waals surface area contributed by atoms with Crippen LogP contribution >= 0.6 is 27.5 Å². The van der Waals surface area contributed by atoms with Gasteiger partial charge >= 0.3 is 0 Å². The van der Waals surface area contributed by atoms with E-state index in [1.54, 1.807) is 30.3 Å². The number of nitrogen functional groups attached to an aromatic ring is 1. The Bertz CT molecular complexity index is 634. The largest absolute Gasteiger partial charge is 0.484 e. The summed E-state index contributed by atoms with van der Waals surface area (Å²) in [4.78, 5) is 11.8. The van der Waals surface area contributed by atoms with Crippen molar-refractivity contribution in [3.8, 4) is 5.75 Å². The molecule has 0 saturated carbocycles. The maximum atomic E-state index is 11.8. The first kappa shape index (κ1) is 14.7. The summed E-state index contributed by atoms with van der Waals surface area (Å²) in [7, 11) is 0. The molecule has 0 atom stereocenters. The highest BCUT2D eigenvalue weighted by Crippen LogP contribution is 2.23. The second kappa shape index (κ2) is 6.63. The molecule has 0 aromatic heterocycles. The smallest absolute Gasteiger partial charge is 0.262 e. The number of nitrogens with one attached hydrogen (secondary N) is 1. The average Bonchev–Trinajstić information content (AvgIpc) is 2.41. The van der Waals surface area contributed by atoms with Crippen molar-refractivity contribution >= 4 is 44.8 Å². The molecule has 6 heteroatoms. The van der Waals surface area contributed by atoms with E-state index in [0.717, 1.165) is 4.47 Å². The van der Waals surface area contributed by atoms with Crippen LogP contribution in [-0.4, -0.2) is 12.5 Å². The van der Waals surface area contributed by atoms with Gasteiger partial charge in [-0.15, -0.1) is 0 Å². The molecule has 0 heterocycles. The van der Waals surface area contributed by atoms with Crippen LogP contribution in [0.2, 0.25) is 5.02 Å². The van der Waals surface area contributed by atoms with E-state index in [9.17, 15) is 4.79 Å². The minimum Gasteiger partial charge on any atom is -0.484 e. The normalized spacial score (nSPS) is 10.1. The summed E-state index contributed by atoms with van der Waals surface area (Å²) in [6, 6.07) is 12.1. The molecule has 4 nitrogen and oxygen atoms in total. The van der Waals surface area contributed by atoms with E-state index in [1.165, 1.54) is 0 Å². The van der Waals surface area contributed by atoms with Crippen molar-refractivity contribution < 1.29 is 9.53 Å². The van der Waals surface area contributed by atoms with E-state index in [4.69, 9.17) is 22.1 Å². The minimum absolute atomic E-state index is 0.109. The molecule has 20 heavy (non-hydrogen) atoms. The molecule has 2 aromatic rings. The van der Waals surface area contributed by atoms with Gasteiger partial charge in [0.25, 0.3) is 5.91 Å². The molecule has 0 aliphatic rings. The number of carbonyl (C=O) groups excluding carboxylic acids is 1. The van der Waals surface area contributed by atoms with E-state index in [2.05, 4.69) is 21.2 Å². The van der Waals surface area contributed by atoms with E-state index in [-0.39, 0.29) is 12.5 Å². The Balaban J connectivity index is 1.94. The van der Waals surface area contributed by atoms with Gasteiger partial charge in [-0.1, -0.05) is 33.6 Å². The Labute approximate surface area is 130 Å². The Hall–Kier alpha value is -1.72. The van der Waals surface area contributed by atoms with Gasteiger partial charge in [0.2, 0.25) is 0 Å². The van der Waals surface area contributed by atoms with Crippen molar-refractivity contribution in [2.24, 2.45) is 0 Å². The molecular formula is C14H12BrClN2O2. The SMILES string of the molecule is Nc1ccc(Cl)cc1NC(=O)COc1cccc(Br)c1. The number of benzene rings is 2. The van der Waals surface area contributed by atoms with Crippen LogP contribution in [0.1, 0.15) is 0 Å². The highest BCUT2D eigenvalue weighted by Gasteiger charge is 2.07. The quantitative estimate of drug-likeness (QED) is 0.822. The van der Waals surface area contributed by atoms with Crippen molar-refractivity contribution in [1.82, 2.24) is 0 Å². The Morgan fingerprint density at radius 2 is 2.10 bits per heavy atom. The summed E-state index contributed by atoms with van der Waals surface area (Å²) < 4.78 is 6.26. The van der Waals surface area contributed by atoms with Crippen LogP contribution in [0.15, 0.2) is 46.9 Å². The molecule has 0 aliphatic carbocycles. The third-order valence-corrected chi connectivity index (χ3v) is 3.18. The summed E-state index contributed by atoms with van der Waals surface area (Å²) in [5, 5.41) is 3.15. The number of hydrogen-bond acceptors (Lipinski definition) is 3. The van der Waals surface area contributed by atoms with Crippen molar-refractivity contribution in [1.29, 1.82) is 0 Å². The number of halogens is 2. The zero-order valence-electron chi connectivity index (χ0n) is 10.4. The fourth-order valence-electron chi connectivity index (χ4n) is 1.53. The maximum absolute atomic E-state index is 11.8. The number of rotatable bonds is 4. The van der Waals surface area contributed by atoms with Crippen molar-refractivity contribution in [3.05, 3.63) is 52.0 Å². The average molecular weight is 356 g/mol. The first-order chi connectivity index (χ1) is 9.54. The van der Waals surface area contributed by atoms with Crippen molar-refractivity contribution in [3.63, 3.8) is 0 Å². The lowest BCUT2D eigenvalue weighted by Crippen LogP contribution is -2.20. The maximum Gasteiger partial charge on any atom is 0.262 e. The fraction of sp³-hybridized carbons (Fsp3) is 0.0714. The standard InChI is InChI=1S/C14H12BrClN2O2/c15-9-2-1-3-11(6-9)20-8-14(19)18-13-7-10(16)4-5-12(13)17/h1-7H,8,17H2,(H,18,19). The predicted molar refractivity (Wildman–Crippen MR) is 84.1 cm³/mol. The topological polar surface area (TPSA) is 64.3 Å². The molecule has 1 amide bonds. The van der Waals surface area contributed by atoms with Gasteiger partial charge in [-0.05, 0) is 36.4 Å². The number of hydrogen-bond donors (Lipinski definition) is 2. The van der Waals surface area contributed by atoms with E-state index >= 15 is 0 Å². The fourth-order valence-corrected chi connectivity index (χ4v) is 2.08. The lowest BCUT2D eigenvalue weighted by Gasteiger charge is -2.10. The molecule has 104 valence electrons. The molecule has 0 radical (unpaired) electrons. The van der Waals surface area contributed by atoms with Gasteiger partial charge in [-0.3, -0.25) is 4.79 Å². The molecule has 0 unspecified atom stereocenters. The van der Waals surface area contributed by atoms with Crippen LogP contribution in [0.4, 0.5) is 11.4 Å². The molecular weight excluding hydrogens is 344 g/mol. The number of amides is 1. The first-order valence-electron chi connectivity index (χ1n) is 5.78. The highest BCUT2D eigenvalue weighted by atomic mass is 79.9. The van der Waals surface area contributed by atoms with E-state index in [1.807, 2.05) is 12.1 Å². The molecule has 0 aliphatic heterocycles. The molecule has 0 fully saturated rings. The zero-order chi connectivity index (χ0) is 14.5. The second-order valence-corrected chi connectivity index (χ2v) is 5.38. The Kier molecular flexibility index (Phi) is 4.87. The van der Waals surface area contributed by atoms with E-state index in [0.29, 0.717) is 22.1 Å². The van der Waals surface area contributed by atoms with Gasteiger partial charge in [0.05, 0.1) is 11.4 Å². The number of ether oxygens (including phenoxy) is 1. The molecule has 0 bridgehead atoms. The first-order valence-corrected chi connectivity index (χ1v) is 6.95. The molecule has 0 saturated heterocycles. The number of carbonyl (C=O) groups is 1. The van der Waals surface area contributed by atoms with Gasteiger partial charge in [-0.25, -0.2) is 0 Å². The van der Waals surface area contributed by atoms with Crippen LogP contribution in [0.3, 0.4) is 0 Å². The Morgan fingerprint density at radius 1 is 1.30 bits per heavy atom. The Morgan fingerprint density at radius 3 is 2.85 bits per heavy atom. The van der Waals surface area contributed by atoms with Crippen LogP contribution in [-0.2, 0) is 4.79 Å². The lowest BCUT2D eigenvalue weighted by atomic mass is 10.2. The van der Waals surface area contributed by atoms with Crippen molar-refractivity contribution in [2.45, 2.75) is 0 Å². The highest BCUT2D eigenvalue weighted by molar-refractivity contribution is 9.10. The van der Waals surface area contributed by atoms with Gasteiger partial charge in [-0.2, -0.15) is 0 Å². The molecule has 2 rings (SSSR count). The van der Waals surface area contributed by atoms with Crippen LogP contribution in [0.5, 0.6) is 5.75 Å². The summed E-state index contributed by atoms with van der Waals surface area (Å²) in [6.07, 6.45) is 0. The van der Waals surface area contributed by atoms with Crippen LogP contribution in [0.25, 0.3) is 0 Å². The summed E-state index contributed by atoms with van der Waals surface area (Å²) in [6.45, 7) is -0.109. The van der Waals surface area contributed by atoms with Crippen molar-refractivity contribution in [2.75, 3.05) is 17.7 Å². The van der Waals surface area contributed by atoms with Gasteiger partial charge < -0.3 is 15.8 Å². The van der Waals surface area contributed by atoms with Gasteiger partial charge in [0.1, 0.15) is 5.75 Å². The number of nitrogens with two attached hydrogens (primary N) is 1. The minimum atomic E-state index is -0.307. The summed E-state index contributed by atoms with van der Waals surface area (Å²) in [5.74, 6) is 0.299. The third-order valence-electron chi connectivity index (χ3n) is 2.46. The van der Waals surface area contributed by atoms with Gasteiger partial charge in [0.15, 0.2) is 6.61 Å². The monoisotopic (exact) mass is 354 g/mol. The zero-order valence-corrected chi connectivity index (χ0v) is 12.7. The molecule has 0 spiro atoms. The molecule has 3 N–H and O–H groups in total. The van der Waals surface area contributed by atoms with Crippen LogP contribution in [0, 0.1) is 0 Å². The van der Waals surface area contributed by atoms with Gasteiger partial charge in [0, 0.05) is 9.50 Å². The molecule has 2 aromatic carbocycles. The van der Waals surface area contributed by atoms with Crippen LogP contribution < -0.4 is 15.8 Å². The lowest BCUT2D eigenvalue weighted by molar-refractivity contribution is -0.118. The summed E-state index contributed by atoms with van der Waals surface area (Å²) in [5.41, 5.74) is 6.67.